The first kappa shape index (κ1) is 20.2. The number of carbonyl (C=O) groups is 1. The Kier molecular flexibility index (Phi) is 6.17. The zero-order valence-corrected chi connectivity index (χ0v) is 16.9. The maximum absolute atomic E-state index is 11.3. The van der Waals surface area contributed by atoms with Crippen LogP contribution in [0.3, 0.4) is 0 Å². The van der Waals surface area contributed by atoms with E-state index in [4.69, 9.17) is 14.7 Å². The van der Waals surface area contributed by atoms with Crippen LogP contribution in [-0.4, -0.2) is 70.5 Å². The lowest BCUT2D eigenvalue weighted by atomic mass is 10.1. The second kappa shape index (κ2) is 9.16. The molecular formula is C20H25N7O3. The zero-order chi connectivity index (χ0) is 20.9. The van der Waals surface area contributed by atoms with Gasteiger partial charge >= 0.3 is 0 Å². The van der Waals surface area contributed by atoms with E-state index in [-0.39, 0.29) is 6.61 Å². The summed E-state index contributed by atoms with van der Waals surface area (Å²) in [5, 5.41) is 10.8. The minimum absolute atomic E-state index is 0.00165. The number of ether oxygens (including phenoxy) is 1. The number of aliphatic hydroxyl groups is 1. The maximum atomic E-state index is 11.3. The van der Waals surface area contributed by atoms with Gasteiger partial charge in [-0.05, 0) is 12.1 Å². The van der Waals surface area contributed by atoms with Crippen molar-refractivity contribution < 1.29 is 14.6 Å². The largest absolute Gasteiger partial charge is 0.395 e. The van der Waals surface area contributed by atoms with Crippen molar-refractivity contribution in [2.75, 3.05) is 49.4 Å². The summed E-state index contributed by atoms with van der Waals surface area (Å²) >= 11 is 0. The minimum atomic E-state index is -0.00165. The van der Waals surface area contributed by atoms with Crippen LogP contribution < -0.4 is 15.3 Å². The number of morpholine rings is 1. The lowest BCUT2D eigenvalue weighted by Gasteiger charge is -2.27. The number of anilines is 2. The summed E-state index contributed by atoms with van der Waals surface area (Å²) in [6, 6.07) is 7.55. The van der Waals surface area contributed by atoms with Crippen molar-refractivity contribution in [1.29, 1.82) is 0 Å². The zero-order valence-electron chi connectivity index (χ0n) is 16.9. The highest BCUT2D eigenvalue weighted by molar-refractivity contribution is 5.89. The number of aromatic nitrogens is 4. The molecule has 30 heavy (non-hydrogen) atoms. The third-order valence-electron chi connectivity index (χ3n) is 4.94. The molecule has 0 aliphatic carbocycles. The van der Waals surface area contributed by atoms with Crippen LogP contribution in [0.4, 0.5) is 11.6 Å². The third kappa shape index (κ3) is 3.97. The van der Waals surface area contributed by atoms with Gasteiger partial charge in [0.05, 0.1) is 31.8 Å². The number of benzene rings is 1. The summed E-state index contributed by atoms with van der Waals surface area (Å²) in [7, 11) is 0. The molecule has 1 aromatic carbocycles. The Balaban J connectivity index is 1.77. The van der Waals surface area contributed by atoms with Gasteiger partial charge in [-0.25, -0.2) is 20.4 Å². The molecule has 1 aliphatic heterocycles. The smallest absolute Gasteiger partial charge is 0.228 e. The highest BCUT2D eigenvalue weighted by atomic mass is 16.5. The number of hydrogen-bond acceptors (Lipinski definition) is 8. The normalized spacial score (nSPS) is 14.3. The average molecular weight is 411 g/mol. The number of rotatable bonds is 8. The first-order chi connectivity index (χ1) is 14.7. The van der Waals surface area contributed by atoms with Gasteiger partial charge in [0, 0.05) is 31.7 Å². The highest BCUT2D eigenvalue weighted by Crippen LogP contribution is 2.29. The Morgan fingerprint density at radius 3 is 2.67 bits per heavy atom. The minimum Gasteiger partial charge on any atom is -0.395 e. The molecule has 0 unspecified atom stereocenters. The number of nitrogens with one attached hydrogen (secondary N) is 1. The van der Waals surface area contributed by atoms with Crippen molar-refractivity contribution in [3.05, 3.63) is 30.6 Å². The van der Waals surface area contributed by atoms with E-state index in [0.717, 1.165) is 30.8 Å². The van der Waals surface area contributed by atoms with Gasteiger partial charge in [0.25, 0.3) is 0 Å². The van der Waals surface area contributed by atoms with Crippen molar-refractivity contribution in [2.24, 2.45) is 0 Å². The first-order valence-electron chi connectivity index (χ1n) is 10.00. The standard InChI is InChI=1S/C20H25N7O3/c1-2-22-27(14-29)16-5-3-15(4-6-16)17-18-19(26(7-10-28)13-21-18)24-20(23-17)25-8-11-30-12-9-25/h3-6,13-14,22,28H,2,7-12H2,1H3. The fourth-order valence-corrected chi connectivity index (χ4v) is 3.45. The second-order valence-electron chi connectivity index (χ2n) is 6.84. The molecule has 10 nitrogen and oxygen atoms in total. The number of carbonyl (C=O) groups excluding carboxylic acids is 1. The lowest BCUT2D eigenvalue weighted by Crippen LogP contribution is -2.37. The molecule has 1 saturated heterocycles. The van der Waals surface area contributed by atoms with Crippen LogP contribution in [0, 0.1) is 0 Å². The van der Waals surface area contributed by atoms with Gasteiger partial charge in [-0.15, -0.1) is 0 Å². The Hall–Kier alpha value is -3.08. The molecule has 0 spiro atoms. The summed E-state index contributed by atoms with van der Waals surface area (Å²) < 4.78 is 7.28. The molecule has 0 bridgehead atoms. The first-order valence-corrected chi connectivity index (χ1v) is 10.00. The summed E-state index contributed by atoms with van der Waals surface area (Å²) in [5.41, 5.74) is 6.67. The predicted molar refractivity (Wildman–Crippen MR) is 113 cm³/mol. The van der Waals surface area contributed by atoms with Gasteiger partial charge in [0.1, 0.15) is 11.2 Å². The number of aliphatic hydroxyl groups excluding tert-OH is 1. The summed E-state index contributed by atoms with van der Waals surface area (Å²) in [6.07, 6.45) is 2.42. The molecule has 158 valence electrons. The number of hydrazine groups is 1. The van der Waals surface area contributed by atoms with E-state index in [1.807, 2.05) is 35.8 Å². The van der Waals surface area contributed by atoms with E-state index in [1.165, 1.54) is 5.01 Å². The third-order valence-corrected chi connectivity index (χ3v) is 4.94. The van der Waals surface area contributed by atoms with E-state index in [2.05, 4.69) is 15.3 Å². The van der Waals surface area contributed by atoms with Crippen molar-refractivity contribution in [3.8, 4) is 11.3 Å². The summed E-state index contributed by atoms with van der Waals surface area (Å²) in [4.78, 5) is 27.5. The van der Waals surface area contributed by atoms with Crippen LogP contribution in [-0.2, 0) is 16.1 Å². The van der Waals surface area contributed by atoms with Crippen molar-refractivity contribution in [2.45, 2.75) is 13.5 Å². The van der Waals surface area contributed by atoms with Gasteiger partial charge in [0.15, 0.2) is 5.65 Å². The number of amides is 1. The number of hydrogen-bond donors (Lipinski definition) is 2. The molecule has 4 rings (SSSR count). The van der Waals surface area contributed by atoms with Crippen LogP contribution in [0.5, 0.6) is 0 Å². The van der Waals surface area contributed by atoms with Crippen LogP contribution in [0.25, 0.3) is 22.4 Å². The summed E-state index contributed by atoms with van der Waals surface area (Å²) in [6.45, 7) is 5.67. The molecule has 2 aromatic heterocycles. The number of imidazole rings is 1. The number of fused-ring (bicyclic) bond motifs is 1. The lowest BCUT2D eigenvalue weighted by molar-refractivity contribution is -0.108. The molecule has 0 radical (unpaired) electrons. The topological polar surface area (TPSA) is 109 Å². The monoisotopic (exact) mass is 411 g/mol. The van der Waals surface area contributed by atoms with E-state index in [9.17, 15) is 9.90 Å². The molecule has 1 fully saturated rings. The van der Waals surface area contributed by atoms with Crippen molar-refractivity contribution >= 4 is 29.2 Å². The maximum Gasteiger partial charge on any atom is 0.228 e. The molecular weight excluding hydrogens is 386 g/mol. The van der Waals surface area contributed by atoms with Crippen LogP contribution in [0.15, 0.2) is 30.6 Å². The van der Waals surface area contributed by atoms with E-state index < -0.39 is 0 Å². The predicted octanol–water partition coefficient (Wildman–Crippen LogP) is 0.809. The average Bonchev–Trinajstić information content (AvgIpc) is 3.21. The Bertz CT molecular complexity index is 1000. The molecule has 3 heterocycles. The fraction of sp³-hybridized carbons (Fsp3) is 0.400. The fourth-order valence-electron chi connectivity index (χ4n) is 3.45. The molecule has 10 heteroatoms. The van der Waals surface area contributed by atoms with E-state index in [1.54, 1.807) is 6.33 Å². The highest BCUT2D eigenvalue weighted by Gasteiger charge is 2.20. The van der Waals surface area contributed by atoms with Gasteiger partial charge in [-0.2, -0.15) is 4.98 Å². The molecule has 2 N–H and O–H groups in total. The molecule has 3 aromatic rings. The van der Waals surface area contributed by atoms with Gasteiger partial charge in [0.2, 0.25) is 12.4 Å². The Morgan fingerprint density at radius 1 is 1.23 bits per heavy atom. The molecule has 1 aliphatic rings. The van der Waals surface area contributed by atoms with E-state index in [0.29, 0.717) is 49.1 Å². The van der Waals surface area contributed by atoms with Crippen LogP contribution in [0.2, 0.25) is 0 Å². The SMILES string of the molecule is CCNN(C=O)c1ccc(-c2nc(N3CCOCC3)nc3c2ncn3CCO)cc1. The van der Waals surface area contributed by atoms with Crippen LogP contribution in [0.1, 0.15) is 6.92 Å². The Morgan fingerprint density at radius 2 is 2.00 bits per heavy atom. The molecule has 0 saturated carbocycles. The van der Waals surface area contributed by atoms with Crippen molar-refractivity contribution in [1.82, 2.24) is 24.9 Å². The summed E-state index contributed by atoms with van der Waals surface area (Å²) in [5.74, 6) is 0.617. The Labute approximate surface area is 174 Å². The van der Waals surface area contributed by atoms with Crippen LogP contribution >= 0.6 is 0 Å². The van der Waals surface area contributed by atoms with Gasteiger partial charge in [-0.1, -0.05) is 19.1 Å². The molecule has 1 amide bonds. The van der Waals surface area contributed by atoms with Gasteiger partial charge < -0.3 is 19.3 Å². The van der Waals surface area contributed by atoms with Crippen molar-refractivity contribution in [3.63, 3.8) is 0 Å². The van der Waals surface area contributed by atoms with E-state index >= 15 is 0 Å². The second-order valence-corrected chi connectivity index (χ2v) is 6.84. The number of nitrogens with zero attached hydrogens (tertiary/aromatic N) is 6. The quantitative estimate of drug-likeness (QED) is 0.414. The van der Waals surface area contributed by atoms with Gasteiger partial charge in [-0.3, -0.25) is 4.79 Å². The molecule has 0 atom stereocenters.